The standard InChI is InChI=1S/C33H32N2O12/c1-15-11-35(33(40)34-31(15)38)26-5-4-17(47-26)12-43-27(36)10-19-18-8-22-23(46-14-45-22)9-20(18)28(29-21(19)13-44-32(29)39)16-6-24(41-2)30(37)25(7-16)42-3/h4-9,11,17,19,21,26,28-29,37H,10,12-14H2,1-3H3,(H,34,38,40)/t17-,19+,21+,26+,28+,29-/m0/s1. The van der Waals surface area contributed by atoms with Crippen LogP contribution in [0.4, 0.5) is 0 Å². The predicted molar refractivity (Wildman–Crippen MR) is 161 cm³/mol. The minimum atomic E-state index is -0.771. The lowest BCUT2D eigenvalue weighted by atomic mass is 9.62. The Morgan fingerprint density at radius 2 is 1.70 bits per heavy atom. The molecule has 1 fully saturated rings. The lowest BCUT2D eigenvalue weighted by Crippen LogP contribution is -2.36. The molecule has 0 radical (unpaired) electrons. The van der Waals surface area contributed by atoms with E-state index in [9.17, 15) is 24.3 Å². The number of methoxy groups -OCH3 is 2. The summed E-state index contributed by atoms with van der Waals surface area (Å²) < 4.78 is 40.6. The van der Waals surface area contributed by atoms with Gasteiger partial charge < -0.3 is 38.3 Å². The molecule has 6 atom stereocenters. The molecule has 246 valence electrons. The van der Waals surface area contributed by atoms with Crippen LogP contribution in [0.25, 0.3) is 0 Å². The molecule has 14 heteroatoms. The second-order valence-electron chi connectivity index (χ2n) is 11.8. The van der Waals surface area contributed by atoms with Gasteiger partial charge in [0.05, 0.1) is 33.2 Å². The number of phenols is 1. The predicted octanol–water partition coefficient (Wildman–Crippen LogP) is 2.40. The summed E-state index contributed by atoms with van der Waals surface area (Å²) in [4.78, 5) is 53.0. The van der Waals surface area contributed by atoms with E-state index in [2.05, 4.69) is 4.98 Å². The third kappa shape index (κ3) is 5.27. The second kappa shape index (κ2) is 11.8. The molecule has 4 aliphatic rings. The van der Waals surface area contributed by atoms with Gasteiger partial charge in [0, 0.05) is 29.5 Å². The van der Waals surface area contributed by atoms with Gasteiger partial charge in [0.25, 0.3) is 5.56 Å². The SMILES string of the molecule is COc1cc([C@@H]2c3cc4c(cc3[C@@H](CC(=O)OC[C@@H]3C=C[C@H](n5cc(C)c(=O)[nH]c5=O)O3)[C@H]3COC(=O)[C@H]23)OCO4)cc(OC)c1O. The van der Waals surface area contributed by atoms with E-state index in [4.69, 9.17) is 33.2 Å². The van der Waals surface area contributed by atoms with Crippen molar-refractivity contribution in [3.8, 4) is 28.7 Å². The molecule has 47 heavy (non-hydrogen) atoms. The summed E-state index contributed by atoms with van der Waals surface area (Å²) in [6.07, 6.45) is 3.30. The maximum Gasteiger partial charge on any atom is 0.330 e. The first-order valence-corrected chi connectivity index (χ1v) is 15.0. The molecule has 2 aromatic carbocycles. The van der Waals surface area contributed by atoms with E-state index in [1.165, 1.54) is 25.0 Å². The van der Waals surface area contributed by atoms with E-state index in [1.54, 1.807) is 31.2 Å². The fourth-order valence-corrected chi connectivity index (χ4v) is 6.96. The van der Waals surface area contributed by atoms with Gasteiger partial charge in [-0.15, -0.1) is 0 Å². The summed E-state index contributed by atoms with van der Waals surface area (Å²) in [5.41, 5.74) is 1.45. The van der Waals surface area contributed by atoms with Crippen molar-refractivity contribution in [2.45, 2.75) is 37.5 Å². The minimum Gasteiger partial charge on any atom is -0.502 e. The zero-order valence-electron chi connectivity index (χ0n) is 25.7. The van der Waals surface area contributed by atoms with E-state index >= 15 is 0 Å². The highest BCUT2D eigenvalue weighted by Crippen LogP contribution is 2.57. The van der Waals surface area contributed by atoms with Crippen molar-refractivity contribution in [2.75, 3.05) is 34.2 Å². The van der Waals surface area contributed by atoms with Crippen molar-refractivity contribution in [3.05, 3.63) is 85.7 Å². The van der Waals surface area contributed by atoms with Gasteiger partial charge in [0.1, 0.15) is 12.7 Å². The maximum absolute atomic E-state index is 13.4. The number of esters is 2. The number of rotatable bonds is 8. The molecular weight excluding hydrogens is 616 g/mol. The topological polar surface area (TPSA) is 174 Å². The number of cyclic esters (lactones) is 1. The third-order valence-electron chi connectivity index (χ3n) is 9.22. The van der Waals surface area contributed by atoms with Crippen LogP contribution in [-0.4, -0.2) is 66.9 Å². The third-order valence-corrected chi connectivity index (χ3v) is 9.22. The molecule has 0 unspecified atom stereocenters. The van der Waals surface area contributed by atoms with Crippen LogP contribution in [0.2, 0.25) is 0 Å². The van der Waals surface area contributed by atoms with E-state index in [0.29, 0.717) is 22.6 Å². The van der Waals surface area contributed by atoms with Crippen molar-refractivity contribution in [3.63, 3.8) is 0 Å². The average Bonchev–Trinajstić information content (AvgIpc) is 3.81. The summed E-state index contributed by atoms with van der Waals surface area (Å²) in [5, 5.41) is 10.6. The zero-order chi connectivity index (χ0) is 33.0. The van der Waals surface area contributed by atoms with Crippen molar-refractivity contribution in [1.29, 1.82) is 0 Å². The van der Waals surface area contributed by atoms with Crippen LogP contribution in [0, 0.1) is 18.8 Å². The fourth-order valence-electron chi connectivity index (χ4n) is 6.96. The first kappa shape index (κ1) is 30.4. The number of hydrogen-bond acceptors (Lipinski definition) is 12. The summed E-state index contributed by atoms with van der Waals surface area (Å²) in [6, 6.07) is 7.00. The number of nitrogens with one attached hydrogen (secondary N) is 1. The number of aromatic amines is 1. The molecule has 3 aromatic rings. The molecule has 1 saturated heterocycles. The van der Waals surface area contributed by atoms with E-state index in [-0.39, 0.29) is 49.6 Å². The van der Waals surface area contributed by atoms with Crippen LogP contribution >= 0.6 is 0 Å². The Labute approximate surface area is 267 Å². The lowest BCUT2D eigenvalue weighted by Gasteiger charge is -2.39. The van der Waals surface area contributed by atoms with Gasteiger partial charge in [-0.2, -0.15) is 0 Å². The van der Waals surface area contributed by atoms with Crippen LogP contribution in [0.15, 0.2) is 52.2 Å². The monoisotopic (exact) mass is 648 g/mol. The lowest BCUT2D eigenvalue weighted by molar-refractivity contribution is -0.149. The van der Waals surface area contributed by atoms with Crippen molar-refractivity contribution < 1.29 is 47.9 Å². The molecule has 7 rings (SSSR count). The summed E-state index contributed by atoms with van der Waals surface area (Å²) >= 11 is 0. The quantitative estimate of drug-likeness (QED) is 0.270. The van der Waals surface area contributed by atoms with Crippen LogP contribution in [-0.2, 0) is 23.8 Å². The Hall–Kier alpha value is -5.24. The number of fused-ring (bicyclic) bond motifs is 3. The first-order chi connectivity index (χ1) is 22.7. The van der Waals surface area contributed by atoms with Gasteiger partial charge in [0.2, 0.25) is 12.5 Å². The molecule has 0 amide bonds. The molecule has 4 heterocycles. The number of aromatic hydroxyl groups is 1. The van der Waals surface area contributed by atoms with E-state index in [1.807, 2.05) is 12.1 Å². The van der Waals surface area contributed by atoms with Crippen molar-refractivity contribution in [2.24, 2.45) is 11.8 Å². The number of phenolic OH excluding ortho intramolecular Hbond substituents is 1. The van der Waals surface area contributed by atoms with E-state index < -0.39 is 53.3 Å². The van der Waals surface area contributed by atoms with Crippen molar-refractivity contribution in [1.82, 2.24) is 9.55 Å². The number of aryl methyl sites for hydroxylation is 1. The van der Waals surface area contributed by atoms with Crippen LogP contribution in [0.3, 0.4) is 0 Å². The van der Waals surface area contributed by atoms with Crippen molar-refractivity contribution >= 4 is 11.9 Å². The van der Waals surface area contributed by atoms with Gasteiger partial charge >= 0.3 is 17.6 Å². The Morgan fingerprint density at radius 1 is 1.00 bits per heavy atom. The highest BCUT2D eigenvalue weighted by atomic mass is 16.7. The smallest absolute Gasteiger partial charge is 0.330 e. The Morgan fingerprint density at radius 3 is 2.40 bits per heavy atom. The molecule has 2 N–H and O–H groups in total. The second-order valence-corrected chi connectivity index (χ2v) is 11.8. The summed E-state index contributed by atoms with van der Waals surface area (Å²) in [7, 11) is 2.85. The Bertz CT molecular complexity index is 1890. The van der Waals surface area contributed by atoms with Gasteiger partial charge in [-0.05, 0) is 54.0 Å². The number of carbonyl (C=O) groups excluding carboxylic acids is 2. The number of carbonyl (C=O) groups is 2. The Kier molecular flexibility index (Phi) is 7.66. The molecule has 1 aromatic heterocycles. The van der Waals surface area contributed by atoms with Gasteiger partial charge in [0.15, 0.2) is 29.2 Å². The molecule has 1 aliphatic carbocycles. The van der Waals surface area contributed by atoms with Gasteiger partial charge in [-0.1, -0.05) is 6.08 Å². The fraction of sp³-hybridized carbons (Fsp3) is 0.394. The molecule has 0 spiro atoms. The van der Waals surface area contributed by atoms with Gasteiger partial charge in [-0.25, -0.2) is 4.79 Å². The van der Waals surface area contributed by atoms with Crippen LogP contribution in [0.1, 0.15) is 46.7 Å². The van der Waals surface area contributed by atoms with E-state index in [0.717, 1.165) is 11.1 Å². The van der Waals surface area contributed by atoms with Gasteiger partial charge in [-0.3, -0.25) is 23.9 Å². The highest BCUT2D eigenvalue weighted by Gasteiger charge is 2.53. The number of ether oxygens (including phenoxy) is 7. The largest absolute Gasteiger partial charge is 0.502 e. The summed E-state index contributed by atoms with van der Waals surface area (Å²) in [5.74, 6) is -1.75. The molecule has 14 nitrogen and oxygen atoms in total. The Balaban J connectivity index is 1.15. The molecule has 0 bridgehead atoms. The number of hydrogen-bond donors (Lipinski definition) is 2. The number of H-pyrrole nitrogens is 1. The van der Waals surface area contributed by atoms with Crippen LogP contribution in [0.5, 0.6) is 28.7 Å². The number of aromatic nitrogens is 2. The number of benzene rings is 2. The number of nitrogens with zero attached hydrogens (tertiary/aromatic N) is 1. The summed E-state index contributed by atoms with van der Waals surface area (Å²) in [6.45, 7) is 1.61. The van der Waals surface area contributed by atoms with Crippen LogP contribution < -0.4 is 30.2 Å². The molecular formula is C33H32N2O12. The normalized spacial score (nSPS) is 25.2. The maximum atomic E-state index is 13.4. The molecule has 0 saturated carbocycles. The average molecular weight is 649 g/mol. The highest BCUT2D eigenvalue weighted by molar-refractivity contribution is 5.80. The zero-order valence-corrected chi connectivity index (χ0v) is 25.7. The first-order valence-electron chi connectivity index (χ1n) is 15.0. The minimum absolute atomic E-state index is 0.0337. The molecule has 3 aliphatic heterocycles.